The SMILES string of the molecule is Nc1c(C(=O)[O-])sc2nc(-c3ccccc3)c3c(c12)CCCC3. The molecule has 0 saturated carbocycles. The fourth-order valence-electron chi connectivity index (χ4n) is 3.40. The van der Waals surface area contributed by atoms with Crippen molar-refractivity contribution in [1.29, 1.82) is 0 Å². The Kier molecular flexibility index (Phi) is 3.31. The zero-order valence-corrected chi connectivity index (χ0v) is 13.3. The number of carbonyl (C=O) groups excluding carboxylic acids is 1. The number of anilines is 1. The molecule has 0 saturated heterocycles. The van der Waals surface area contributed by atoms with Gasteiger partial charge in [0.15, 0.2) is 0 Å². The number of nitrogens with zero attached hydrogens (tertiary/aromatic N) is 1. The van der Waals surface area contributed by atoms with E-state index in [0.717, 1.165) is 53.7 Å². The summed E-state index contributed by atoms with van der Waals surface area (Å²) in [7, 11) is 0. The van der Waals surface area contributed by atoms with E-state index in [1.165, 1.54) is 11.1 Å². The van der Waals surface area contributed by atoms with Gasteiger partial charge in [0.1, 0.15) is 4.83 Å². The highest BCUT2D eigenvalue weighted by Crippen LogP contribution is 2.41. The molecule has 0 fully saturated rings. The molecular weight excluding hydrogens is 308 g/mol. The Morgan fingerprint density at radius 3 is 2.52 bits per heavy atom. The van der Waals surface area contributed by atoms with Crippen molar-refractivity contribution in [3.05, 3.63) is 46.3 Å². The van der Waals surface area contributed by atoms with Crippen molar-refractivity contribution in [2.45, 2.75) is 25.7 Å². The number of carbonyl (C=O) groups is 1. The van der Waals surface area contributed by atoms with Crippen LogP contribution < -0.4 is 10.8 Å². The number of rotatable bonds is 2. The number of hydrogen-bond donors (Lipinski definition) is 1. The molecular formula is C18H15N2O2S-. The molecule has 2 heterocycles. The normalized spacial score (nSPS) is 13.9. The van der Waals surface area contributed by atoms with Crippen LogP contribution in [0.3, 0.4) is 0 Å². The second kappa shape index (κ2) is 5.35. The fraction of sp³-hybridized carbons (Fsp3) is 0.222. The molecule has 23 heavy (non-hydrogen) atoms. The average molecular weight is 323 g/mol. The second-order valence-electron chi connectivity index (χ2n) is 5.80. The summed E-state index contributed by atoms with van der Waals surface area (Å²) in [5, 5.41) is 12.1. The summed E-state index contributed by atoms with van der Waals surface area (Å²) < 4.78 is 0. The van der Waals surface area contributed by atoms with Crippen LogP contribution in [-0.2, 0) is 12.8 Å². The third-order valence-electron chi connectivity index (χ3n) is 4.43. The van der Waals surface area contributed by atoms with Gasteiger partial charge in [0.2, 0.25) is 0 Å². The summed E-state index contributed by atoms with van der Waals surface area (Å²) in [6.45, 7) is 0. The zero-order chi connectivity index (χ0) is 16.0. The Labute approximate surface area is 137 Å². The number of aromatic carboxylic acids is 1. The smallest absolute Gasteiger partial charge is 0.127 e. The topological polar surface area (TPSA) is 79.0 Å². The Morgan fingerprint density at radius 2 is 1.83 bits per heavy atom. The van der Waals surface area contributed by atoms with E-state index in [1.807, 2.05) is 30.3 Å². The van der Waals surface area contributed by atoms with Crippen LogP contribution in [0.1, 0.15) is 33.6 Å². The molecule has 1 aliphatic rings. The first kappa shape index (κ1) is 14.2. The number of pyridine rings is 1. The summed E-state index contributed by atoms with van der Waals surface area (Å²) in [5.41, 5.74) is 10.8. The lowest BCUT2D eigenvalue weighted by Crippen LogP contribution is -2.21. The number of aromatic nitrogens is 1. The Bertz CT molecular complexity index is 916. The quantitative estimate of drug-likeness (QED) is 0.786. The van der Waals surface area contributed by atoms with Crippen molar-refractivity contribution in [3.8, 4) is 11.3 Å². The van der Waals surface area contributed by atoms with Crippen LogP contribution >= 0.6 is 11.3 Å². The Balaban J connectivity index is 2.07. The molecule has 3 aromatic rings. The van der Waals surface area contributed by atoms with E-state index < -0.39 is 5.97 Å². The number of nitrogens with two attached hydrogens (primary N) is 1. The summed E-state index contributed by atoms with van der Waals surface area (Å²) in [6.07, 6.45) is 4.09. The van der Waals surface area contributed by atoms with Crippen LogP contribution in [0.2, 0.25) is 0 Å². The number of carboxylic acids is 1. The number of hydrogen-bond acceptors (Lipinski definition) is 5. The van der Waals surface area contributed by atoms with Gasteiger partial charge < -0.3 is 15.6 Å². The maximum Gasteiger partial charge on any atom is 0.127 e. The van der Waals surface area contributed by atoms with Crippen LogP contribution in [0.15, 0.2) is 30.3 Å². The van der Waals surface area contributed by atoms with Crippen LogP contribution in [0, 0.1) is 0 Å². The number of benzene rings is 1. The molecule has 0 radical (unpaired) electrons. The highest BCUT2D eigenvalue weighted by molar-refractivity contribution is 7.21. The number of aryl methyl sites for hydroxylation is 1. The summed E-state index contributed by atoms with van der Waals surface area (Å²) in [6, 6.07) is 10.0. The number of thiophene rings is 1. The van der Waals surface area contributed by atoms with Gasteiger partial charge in [-0.1, -0.05) is 30.3 Å². The minimum Gasteiger partial charge on any atom is -0.544 e. The first-order chi connectivity index (χ1) is 11.2. The van der Waals surface area contributed by atoms with E-state index in [-0.39, 0.29) is 4.88 Å². The second-order valence-corrected chi connectivity index (χ2v) is 6.80. The van der Waals surface area contributed by atoms with Crippen LogP contribution in [-0.4, -0.2) is 11.0 Å². The number of fused-ring (bicyclic) bond motifs is 3. The number of carboxylic acid groups (broad SMARTS) is 1. The minimum atomic E-state index is -1.23. The first-order valence-corrected chi connectivity index (χ1v) is 8.49. The van der Waals surface area contributed by atoms with E-state index >= 15 is 0 Å². The van der Waals surface area contributed by atoms with Crippen molar-refractivity contribution < 1.29 is 9.90 Å². The standard InChI is InChI=1S/C18H16N2O2S/c19-14-13-11-8-4-5-9-12(11)15(10-6-2-1-3-7-10)20-17(13)23-16(14)18(21)22/h1-3,6-7H,4-5,8-9,19H2,(H,21,22)/p-1. The van der Waals surface area contributed by atoms with Crippen LogP contribution in [0.25, 0.3) is 21.5 Å². The highest BCUT2D eigenvalue weighted by atomic mass is 32.1. The molecule has 0 unspecified atom stereocenters. The summed E-state index contributed by atoms with van der Waals surface area (Å²) in [4.78, 5) is 16.9. The van der Waals surface area contributed by atoms with Gasteiger partial charge in [-0.2, -0.15) is 0 Å². The van der Waals surface area contributed by atoms with Crippen molar-refractivity contribution in [3.63, 3.8) is 0 Å². The van der Waals surface area contributed by atoms with E-state index in [4.69, 9.17) is 10.7 Å². The van der Waals surface area contributed by atoms with Crippen molar-refractivity contribution in [2.75, 3.05) is 5.73 Å². The average Bonchev–Trinajstić information content (AvgIpc) is 2.92. The molecule has 2 aromatic heterocycles. The molecule has 4 nitrogen and oxygen atoms in total. The number of nitrogen functional groups attached to an aromatic ring is 1. The van der Waals surface area contributed by atoms with E-state index in [0.29, 0.717) is 10.5 Å². The molecule has 1 aliphatic carbocycles. The van der Waals surface area contributed by atoms with Crippen LogP contribution in [0.5, 0.6) is 0 Å². The Morgan fingerprint density at radius 1 is 1.13 bits per heavy atom. The molecule has 4 rings (SSSR count). The predicted molar refractivity (Wildman–Crippen MR) is 90.4 cm³/mol. The van der Waals surface area contributed by atoms with Gasteiger partial charge in [0.05, 0.1) is 22.2 Å². The third kappa shape index (κ3) is 2.19. The Hall–Kier alpha value is -2.40. The highest BCUT2D eigenvalue weighted by Gasteiger charge is 2.23. The predicted octanol–water partition coefficient (Wildman–Crippen LogP) is 2.79. The van der Waals surface area contributed by atoms with E-state index in [1.54, 1.807) is 0 Å². The maximum atomic E-state index is 11.3. The molecule has 0 atom stereocenters. The lowest BCUT2D eigenvalue weighted by atomic mass is 9.87. The third-order valence-corrected chi connectivity index (χ3v) is 5.51. The van der Waals surface area contributed by atoms with Crippen molar-refractivity contribution in [2.24, 2.45) is 0 Å². The minimum absolute atomic E-state index is 0.0884. The van der Waals surface area contributed by atoms with Gasteiger partial charge in [-0.3, -0.25) is 0 Å². The molecule has 116 valence electrons. The molecule has 1 aromatic carbocycles. The molecule has 0 spiro atoms. The van der Waals surface area contributed by atoms with Gasteiger partial charge in [-0.25, -0.2) is 4.98 Å². The molecule has 0 amide bonds. The fourth-order valence-corrected chi connectivity index (χ4v) is 4.36. The van der Waals surface area contributed by atoms with Crippen molar-refractivity contribution >= 4 is 33.2 Å². The van der Waals surface area contributed by atoms with Gasteiger partial charge in [0, 0.05) is 10.9 Å². The molecule has 0 bridgehead atoms. The first-order valence-electron chi connectivity index (χ1n) is 7.67. The van der Waals surface area contributed by atoms with Gasteiger partial charge in [0.25, 0.3) is 0 Å². The molecule has 5 heteroatoms. The monoisotopic (exact) mass is 323 g/mol. The summed E-state index contributed by atoms with van der Waals surface area (Å²) >= 11 is 1.12. The largest absolute Gasteiger partial charge is 0.544 e. The lowest BCUT2D eigenvalue weighted by molar-refractivity contribution is -0.254. The lowest BCUT2D eigenvalue weighted by Gasteiger charge is -2.20. The van der Waals surface area contributed by atoms with E-state index in [9.17, 15) is 9.90 Å². The van der Waals surface area contributed by atoms with Crippen molar-refractivity contribution in [1.82, 2.24) is 4.98 Å². The molecule has 0 aliphatic heterocycles. The zero-order valence-electron chi connectivity index (χ0n) is 12.5. The maximum absolute atomic E-state index is 11.3. The van der Waals surface area contributed by atoms with Crippen LogP contribution in [0.4, 0.5) is 5.69 Å². The summed E-state index contributed by atoms with van der Waals surface area (Å²) in [5.74, 6) is -1.23. The van der Waals surface area contributed by atoms with Gasteiger partial charge >= 0.3 is 0 Å². The molecule has 2 N–H and O–H groups in total. The van der Waals surface area contributed by atoms with Gasteiger partial charge in [-0.15, -0.1) is 11.3 Å². The van der Waals surface area contributed by atoms with E-state index in [2.05, 4.69) is 0 Å². The van der Waals surface area contributed by atoms with Gasteiger partial charge in [-0.05, 0) is 36.8 Å².